The van der Waals surface area contributed by atoms with Crippen LogP contribution in [0.15, 0.2) is 0 Å². The molecular formula is C8H15Cl. The average Bonchev–Trinajstić information content (AvgIpc) is 1.60. The van der Waals surface area contributed by atoms with E-state index in [1.807, 2.05) is 0 Å². The van der Waals surface area contributed by atoms with Gasteiger partial charge in [-0.15, -0.1) is 11.6 Å². The smallest absolute Gasteiger partial charge is 0.0364 e. The fourth-order valence-corrected chi connectivity index (χ4v) is 1.78. The molecule has 1 fully saturated rings. The van der Waals surface area contributed by atoms with Crippen LogP contribution < -0.4 is 0 Å². The Kier molecular flexibility index (Phi) is 2.84. The first-order valence-electron chi connectivity index (χ1n) is 3.98. The van der Waals surface area contributed by atoms with E-state index in [1.54, 1.807) is 0 Å². The van der Waals surface area contributed by atoms with Crippen LogP contribution in [0, 0.1) is 5.92 Å². The molecule has 0 saturated heterocycles. The molecule has 1 heteroatoms. The Labute approximate surface area is 62.6 Å². The van der Waals surface area contributed by atoms with Crippen LogP contribution in [0.25, 0.3) is 0 Å². The largest absolute Gasteiger partial charge is 0.123 e. The molecule has 1 aliphatic rings. The molecule has 0 N–H and O–H groups in total. The Bertz CT molecular complexity index is 76.6. The highest BCUT2D eigenvalue weighted by Gasteiger charge is 2.24. The topological polar surface area (TPSA) is 0 Å². The van der Waals surface area contributed by atoms with Crippen LogP contribution >= 0.6 is 11.6 Å². The van der Waals surface area contributed by atoms with E-state index in [4.69, 9.17) is 11.6 Å². The van der Waals surface area contributed by atoms with Gasteiger partial charge < -0.3 is 0 Å². The Morgan fingerprint density at radius 1 is 1.56 bits per heavy atom. The summed E-state index contributed by atoms with van der Waals surface area (Å²) in [7, 11) is 0. The van der Waals surface area contributed by atoms with Gasteiger partial charge in [-0.25, -0.2) is 0 Å². The van der Waals surface area contributed by atoms with Crippen molar-refractivity contribution in [1.29, 1.82) is 0 Å². The lowest BCUT2D eigenvalue weighted by molar-refractivity contribution is 0.295. The van der Waals surface area contributed by atoms with E-state index in [0.29, 0.717) is 5.38 Å². The summed E-state index contributed by atoms with van der Waals surface area (Å²) in [6, 6.07) is 0. The van der Waals surface area contributed by atoms with Gasteiger partial charge in [0, 0.05) is 5.38 Å². The van der Waals surface area contributed by atoms with Crippen LogP contribution in [-0.4, -0.2) is 5.38 Å². The maximum atomic E-state index is 6.08. The molecular weight excluding hydrogens is 132 g/mol. The van der Waals surface area contributed by atoms with Crippen molar-refractivity contribution in [2.75, 3.05) is 0 Å². The third-order valence-corrected chi connectivity index (χ3v) is 2.80. The van der Waals surface area contributed by atoms with Crippen LogP contribution in [0.4, 0.5) is 0 Å². The highest BCUT2D eigenvalue weighted by molar-refractivity contribution is 6.20. The van der Waals surface area contributed by atoms with Crippen molar-refractivity contribution < 1.29 is 0 Å². The summed E-state index contributed by atoms with van der Waals surface area (Å²) in [5.74, 6) is 0.867. The average molecular weight is 147 g/mol. The van der Waals surface area contributed by atoms with Crippen LogP contribution in [0.3, 0.4) is 0 Å². The molecule has 1 atom stereocenters. The van der Waals surface area contributed by atoms with Crippen LogP contribution in [0.2, 0.25) is 0 Å². The van der Waals surface area contributed by atoms with Gasteiger partial charge >= 0.3 is 0 Å². The van der Waals surface area contributed by atoms with Crippen LogP contribution in [0.1, 0.15) is 39.0 Å². The van der Waals surface area contributed by atoms with Crippen molar-refractivity contribution in [2.45, 2.75) is 44.4 Å². The highest BCUT2D eigenvalue weighted by atomic mass is 35.5. The highest BCUT2D eigenvalue weighted by Crippen LogP contribution is 2.34. The molecule has 1 saturated carbocycles. The lowest BCUT2D eigenvalue weighted by Crippen LogP contribution is -2.21. The van der Waals surface area contributed by atoms with Crippen molar-refractivity contribution in [3.8, 4) is 0 Å². The minimum atomic E-state index is 0.490. The van der Waals surface area contributed by atoms with Gasteiger partial charge in [-0.05, 0) is 25.2 Å². The van der Waals surface area contributed by atoms with Crippen molar-refractivity contribution in [3.05, 3.63) is 0 Å². The molecule has 0 aromatic carbocycles. The molecule has 54 valence electrons. The second kappa shape index (κ2) is 3.46. The molecule has 0 nitrogen and oxygen atoms in total. The van der Waals surface area contributed by atoms with Gasteiger partial charge in [0.25, 0.3) is 0 Å². The fraction of sp³-hybridized carbons (Fsp3) is 1.00. The van der Waals surface area contributed by atoms with E-state index in [2.05, 4.69) is 6.92 Å². The standard InChI is InChI=1S/C8H15Cl/c1-2-4-8(9)7-5-3-6-7/h7-8H,2-6H2,1H3. The minimum absolute atomic E-state index is 0.490. The molecule has 0 aromatic heterocycles. The lowest BCUT2D eigenvalue weighted by Gasteiger charge is -2.29. The molecule has 0 bridgehead atoms. The zero-order chi connectivity index (χ0) is 6.69. The molecule has 1 aliphatic carbocycles. The summed E-state index contributed by atoms with van der Waals surface area (Å²) in [6.07, 6.45) is 6.64. The normalized spacial score (nSPS) is 23.3. The third-order valence-electron chi connectivity index (χ3n) is 2.23. The van der Waals surface area contributed by atoms with Gasteiger partial charge in [-0.1, -0.05) is 19.8 Å². The second-order valence-electron chi connectivity index (χ2n) is 3.00. The quantitative estimate of drug-likeness (QED) is 0.537. The van der Waals surface area contributed by atoms with Gasteiger partial charge in [0.1, 0.15) is 0 Å². The number of alkyl halides is 1. The third kappa shape index (κ3) is 1.86. The maximum Gasteiger partial charge on any atom is 0.0364 e. The van der Waals surface area contributed by atoms with Gasteiger partial charge in [-0.2, -0.15) is 0 Å². The zero-order valence-electron chi connectivity index (χ0n) is 6.07. The molecule has 0 heterocycles. The minimum Gasteiger partial charge on any atom is -0.123 e. The predicted molar refractivity (Wildman–Crippen MR) is 41.9 cm³/mol. The lowest BCUT2D eigenvalue weighted by atomic mass is 9.81. The fourth-order valence-electron chi connectivity index (χ4n) is 1.31. The molecule has 0 aromatic rings. The number of hydrogen-bond donors (Lipinski definition) is 0. The summed E-state index contributed by atoms with van der Waals surface area (Å²) in [5, 5.41) is 0.490. The molecule has 1 unspecified atom stereocenters. The Balaban J connectivity index is 2.08. The van der Waals surface area contributed by atoms with Crippen molar-refractivity contribution in [2.24, 2.45) is 5.92 Å². The zero-order valence-corrected chi connectivity index (χ0v) is 6.82. The molecule has 9 heavy (non-hydrogen) atoms. The van der Waals surface area contributed by atoms with Crippen molar-refractivity contribution in [1.82, 2.24) is 0 Å². The van der Waals surface area contributed by atoms with Gasteiger partial charge in [0.15, 0.2) is 0 Å². The van der Waals surface area contributed by atoms with E-state index in [9.17, 15) is 0 Å². The maximum absolute atomic E-state index is 6.08. The summed E-state index contributed by atoms with van der Waals surface area (Å²) in [4.78, 5) is 0. The monoisotopic (exact) mass is 146 g/mol. The van der Waals surface area contributed by atoms with Gasteiger partial charge in [0.05, 0.1) is 0 Å². The van der Waals surface area contributed by atoms with E-state index in [0.717, 1.165) is 5.92 Å². The van der Waals surface area contributed by atoms with Crippen LogP contribution in [0.5, 0.6) is 0 Å². The second-order valence-corrected chi connectivity index (χ2v) is 3.56. The summed E-state index contributed by atoms with van der Waals surface area (Å²) >= 11 is 6.08. The molecule has 1 rings (SSSR count). The summed E-state index contributed by atoms with van der Waals surface area (Å²) in [5.41, 5.74) is 0. The summed E-state index contributed by atoms with van der Waals surface area (Å²) < 4.78 is 0. The Hall–Kier alpha value is 0.290. The molecule has 0 spiro atoms. The van der Waals surface area contributed by atoms with Crippen LogP contribution in [-0.2, 0) is 0 Å². The van der Waals surface area contributed by atoms with Gasteiger partial charge in [-0.3, -0.25) is 0 Å². The first-order chi connectivity index (χ1) is 4.34. The van der Waals surface area contributed by atoms with E-state index >= 15 is 0 Å². The number of halogens is 1. The predicted octanol–water partition coefficient (Wildman–Crippen LogP) is 3.19. The summed E-state index contributed by atoms with van der Waals surface area (Å²) in [6.45, 7) is 2.20. The molecule has 0 radical (unpaired) electrons. The molecule has 0 amide bonds. The van der Waals surface area contributed by atoms with Gasteiger partial charge in [0.2, 0.25) is 0 Å². The molecule has 0 aliphatic heterocycles. The van der Waals surface area contributed by atoms with E-state index in [-0.39, 0.29) is 0 Å². The van der Waals surface area contributed by atoms with Crippen molar-refractivity contribution in [3.63, 3.8) is 0 Å². The van der Waals surface area contributed by atoms with E-state index in [1.165, 1.54) is 32.1 Å². The Morgan fingerprint density at radius 2 is 2.22 bits per heavy atom. The van der Waals surface area contributed by atoms with E-state index < -0.39 is 0 Å². The first-order valence-corrected chi connectivity index (χ1v) is 4.42. The number of rotatable bonds is 3. The van der Waals surface area contributed by atoms with Crippen molar-refractivity contribution >= 4 is 11.6 Å². The SMILES string of the molecule is CCCC(Cl)C1CCC1. The number of hydrogen-bond acceptors (Lipinski definition) is 0. The first kappa shape index (κ1) is 7.40. The Morgan fingerprint density at radius 3 is 2.56 bits per heavy atom.